The molecule has 0 unspecified atom stereocenters. The molecule has 0 amide bonds. The number of para-hydroxylation sites is 3. The van der Waals surface area contributed by atoms with Crippen molar-refractivity contribution < 1.29 is 14.6 Å². The van der Waals surface area contributed by atoms with E-state index in [2.05, 4.69) is 10.5 Å². The highest BCUT2D eigenvalue weighted by Crippen LogP contribution is 2.30. The number of hydrazone groups is 1. The van der Waals surface area contributed by atoms with Crippen molar-refractivity contribution in [1.29, 1.82) is 0 Å². The van der Waals surface area contributed by atoms with Crippen LogP contribution < -0.4 is 15.9 Å². The van der Waals surface area contributed by atoms with Gasteiger partial charge in [0.25, 0.3) is 5.69 Å². The van der Waals surface area contributed by atoms with Gasteiger partial charge < -0.3 is 10.5 Å². The summed E-state index contributed by atoms with van der Waals surface area (Å²) in [7, 11) is 0. The molecule has 3 aromatic rings. The van der Waals surface area contributed by atoms with Gasteiger partial charge in [-0.25, -0.2) is 0 Å². The predicted octanol–water partition coefficient (Wildman–Crippen LogP) is 4.32. The molecular formula is C19H15N5O5. The maximum atomic E-state index is 11.2. The number of non-ortho nitro benzene ring substituents is 1. The van der Waals surface area contributed by atoms with Crippen LogP contribution in [-0.2, 0) is 0 Å². The van der Waals surface area contributed by atoms with E-state index in [-0.39, 0.29) is 11.4 Å². The van der Waals surface area contributed by atoms with Crippen molar-refractivity contribution in [1.82, 2.24) is 0 Å². The molecule has 0 heterocycles. The molecule has 10 heteroatoms. The average Bonchev–Trinajstić information content (AvgIpc) is 2.71. The molecule has 3 aromatic carbocycles. The van der Waals surface area contributed by atoms with Crippen LogP contribution in [0.25, 0.3) is 0 Å². The van der Waals surface area contributed by atoms with E-state index in [1.807, 2.05) is 0 Å². The third-order valence-electron chi connectivity index (χ3n) is 3.84. The van der Waals surface area contributed by atoms with Crippen molar-refractivity contribution in [3.05, 3.63) is 92.5 Å². The second-order valence-electron chi connectivity index (χ2n) is 5.76. The second-order valence-corrected chi connectivity index (χ2v) is 5.76. The van der Waals surface area contributed by atoms with E-state index in [1.165, 1.54) is 12.3 Å². The normalized spacial score (nSPS) is 10.6. The molecule has 3 N–H and O–H groups in total. The number of hydrogen-bond donors (Lipinski definition) is 2. The first kappa shape index (κ1) is 19.3. The van der Waals surface area contributed by atoms with Crippen LogP contribution >= 0.6 is 0 Å². The summed E-state index contributed by atoms with van der Waals surface area (Å²) < 4.78 is 5.82. The van der Waals surface area contributed by atoms with Crippen molar-refractivity contribution in [2.75, 3.05) is 11.2 Å². The summed E-state index contributed by atoms with van der Waals surface area (Å²) in [5.41, 5.74) is 8.66. The van der Waals surface area contributed by atoms with Gasteiger partial charge >= 0.3 is 5.69 Å². The molecular weight excluding hydrogens is 378 g/mol. The quantitative estimate of drug-likeness (QED) is 0.263. The molecule has 0 bridgehead atoms. The van der Waals surface area contributed by atoms with Crippen LogP contribution in [0, 0.1) is 20.2 Å². The molecule has 0 atom stereocenters. The number of nitrogens with one attached hydrogen (secondary N) is 1. The Morgan fingerprint density at radius 2 is 1.62 bits per heavy atom. The number of nitrogens with zero attached hydrogens (tertiary/aromatic N) is 3. The smallest absolute Gasteiger partial charge is 0.301 e. The minimum Gasteiger partial charge on any atom is -0.455 e. The Labute approximate surface area is 164 Å². The van der Waals surface area contributed by atoms with E-state index in [0.717, 1.165) is 12.1 Å². The number of benzene rings is 3. The molecule has 29 heavy (non-hydrogen) atoms. The molecule has 0 aromatic heterocycles. The molecule has 0 radical (unpaired) electrons. The minimum atomic E-state index is -0.722. The van der Waals surface area contributed by atoms with Crippen LogP contribution in [0.15, 0.2) is 71.8 Å². The number of hydrogen-bond acceptors (Lipinski definition) is 8. The van der Waals surface area contributed by atoms with Crippen LogP contribution in [0.3, 0.4) is 0 Å². The summed E-state index contributed by atoms with van der Waals surface area (Å²) in [5.74, 6) is 0.960. The molecule has 0 saturated carbocycles. The fraction of sp³-hybridized carbons (Fsp3) is 0. The van der Waals surface area contributed by atoms with Crippen molar-refractivity contribution >= 4 is 29.0 Å². The van der Waals surface area contributed by atoms with Crippen LogP contribution in [0.2, 0.25) is 0 Å². The molecule has 3 rings (SSSR count). The van der Waals surface area contributed by atoms with Gasteiger partial charge in [-0.05, 0) is 30.3 Å². The summed E-state index contributed by atoms with van der Waals surface area (Å²) >= 11 is 0. The molecule has 0 fully saturated rings. The minimum absolute atomic E-state index is 0.0163. The fourth-order valence-electron chi connectivity index (χ4n) is 2.42. The first-order valence-corrected chi connectivity index (χ1v) is 8.29. The topological polar surface area (TPSA) is 146 Å². The van der Waals surface area contributed by atoms with Gasteiger partial charge in [0.1, 0.15) is 17.2 Å². The Kier molecular flexibility index (Phi) is 5.64. The summed E-state index contributed by atoms with van der Waals surface area (Å²) in [6.07, 6.45) is 1.42. The summed E-state index contributed by atoms with van der Waals surface area (Å²) in [4.78, 5) is 20.6. The van der Waals surface area contributed by atoms with E-state index in [4.69, 9.17) is 10.5 Å². The van der Waals surface area contributed by atoms with E-state index >= 15 is 0 Å². The van der Waals surface area contributed by atoms with E-state index in [0.29, 0.717) is 22.7 Å². The maximum absolute atomic E-state index is 11.2. The monoisotopic (exact) mass is 393 g/mol. The van der Waals surface area contributed by atoms with Crippen molar-refractivity contribution in [2.45, 2.75) is 0 Å². The lowest BCUT2D eigenvalue weighted by molar-refractivity contribution is -0.393. The first-order chi connectivity index (χ1) is 14.0. The molecule has 0 saturated heterocycles. The lowest BCUT2D eigenvalue weighted by atomic mass is 10.2. The number of ether oxygens (including phenoxy) is 1. The van der Waals surface area contributed by atoms with Gasteiger partial charge in [0, 0.05) is 11.6 Å². The van der Waals surface area contributed by atoms with Crippen LogP contribution in [0.1, 0.15) is 5.56 Å². The van der Waals surface area contributed by atoms with Crippen LogP contribution in [-0.4, -0.2) is 16.1 Å². The van der Waals surface area contributed by atoms with Gasteiger partial charge in [-0.15, -0.1) is 0 Å². The standard InChI is InChI=1S/C19H15N5O5/c20-15-6-2-4-8-19(15)29-18-7-3-1-5-13(18)12-21-22-16-10-9-14(23(25)26)11-17(16)24(27)28/h1-12,22H,20H2/b21-12+. The number of nitrogen functional groups attached to an aromatic ring is 1. The maximum Gasteiger partial charge on any atom is 0.301 e. The lowest BCUT2D eigenvalue weighted by Crippen LogP contribution is -1.99. The Hall–Kier alpha value is -4.47. The van der Waals surface area contributed by atoms with Crippen LogP contribution in [0.5, 0.6) is 11.5 Å². The summed E-state index contributed by atoms with van der Waals surface area (Å²) in [6.45, 7) is 0. The highest BCUT2D eigenvalue weighted by Gasteiger charge is 2.19. The highest BCUT2D eigenvalue weighted by atomic mass is 16.6. The molecule has 0 aliphatic carbocycles. The van der Waals surface area contributed by atoms with E-state index in [1.54, 1.807) is 48.5 Å². The molecule has 0 spiro atoms. The number of nitrogens with two attached hydrogens (primary N) is 1. The molecule has 0 aliphatic heterocycles. The summed E-state index contributed by atoms with van der Waals surface area (Å²) in [6, 6.07) is 17.3. The lowest BCUT2D eigenvalue weighted by Gasteiger charge is -2.10. The largest absolute Gasteiger partial charge is 0.455 e. The zero-order chi connectivity index (χ0) is 20.8. The van der Waals surface area contributed by atoms with Gasteiger partial charge in [0.2, 0.25) is 0 Å². The fourth-order valence-corrected chi connectivity index (χ4v) is 2.42. The van der Waals surface area contributed by atoms with Gasteiger partial charge in [0.05, 0.1) is 27.8 Å². The van der Waals surface area contributed by atoms with E-state index < -0.39 is 15.5 Å². The SMILES string of the molecule is Nc1ccccc1Oc1ccccc1/C=N/Nc1ccc([N+](=O)[O-])cc1[N+](=O)[O-]. The Balaban J connectivity index is 1.82. The number of anilines is 2. The Morgan fingerprint density at radius 1 is 0.931 bits per heavy atom. The van der Waals surface area contributed by atoms with Gasteiger partial charge in [-0.2, -0.15) is 5.10 Å². The molecule has 0 aliphatic rings. The number of nitro groups is 2. The van der Waals surface area contributed by atoms with Gasteiger partial charge in [0.15, 0.2) is 0 Å². The highest BCUT2D eigenvalue weighted by molar-refractivity contribution is 5.84. The zero-order valence-electron chi connectivity index (χ0n) is 14.9. The number of nitro benzene ring substituents is 2. The zero-order valence-corrected chi connectivity index (χ0v) is 14.9. The third kappa shape index (κ3) is 4.63. The summed E-state index contributed by atoms with van der Waals surface area (Å²) in [5, 5.41) is 26.0. The van der Waals surface area contributed by atoms with Gasteiger partial charge in [-0.1, -0.05) is 24.3 Å². The van der Waals surface area contributed by atoms with Crippen molar-refractivity contribution in [2.24, 2.45) is 5.10 Å². The third-order valence-corrected chi connectivity index (χ3v) is 3.84. The average molecular weight is 393 g/mol. The molecule has 146 valence electrons. The van der Waals surface area contributed by atoms with Crippen molar-refractivity contribution in [3.8, 4) is 11.5 Å². The Morgan fingerprint density at radius 3 is 2.31 bits per heavy atom. The Bertz CT molecular complexity index is 1100. The van der Waals surface area contributed by atoms with Crippen LogP contribution in [0.4, 0.5) is 22.7 Å². The van der Waals surface area contributed by atoms with Gasteiger partial charge in [-0.3, -0.25) is 25.7 Å². The number of rotatable bonds is 7. The van der Waals surface area contributed by atoms with E-state index in [9.17, 15) is 20.2 Å². The van der Waals surface area contributed by atoms with Crippen molar-refractivity contribution in [3.63, 3.8) is 0 Å². The predicted molar refractivity (Wildman–Crippen MR) is 108 cm³/mol. The second kappa shape index (κ2) is 8.48. The molecule has 10 nitrogen and oxygen atoms in total. The first-order valence-electron chi connectivity index (χ1n) is 8.29.